The maximum absolute atomic E-state index is 13.1. The van der Waals surface area contributed by atoms with E-state index >= 15 is 0 Å². The summed E-state index contributed by atoms with van der Waals surface area (Å²) in [4.78, 5) is 15.0. The van der Waals surface area contributed by atoms with Crippen LogP contribution >= 0.6 is 15.9 Å². The van der Waals surface area contributed by atoms with Gasteiger partial charge in [-0.2, -0.15) is 0 Å². The molecule has 140 valence electrons. The first kappa shape index (κ1) is 18.0. The molecule has 1 aliphatic rings. The molecule has 1 aliphatic heterocycles. The molecule has 0 bridgehead atoms. The number of hydrogen-bond acceptors (Lipinski definition) is 5. The zero-order valence-corrected chi connectivity index (χ0v) is 16.8. The highest BCUT2D eigenvalue weighted by molar-refractivity contribution is 9.10. The Morgan fingerprint density at radius 1 is 1.26 bits per heavy atom. The Morgan fingerprint density at radius 3 is 2.78 bits per heavy atom. The van der Waals surface area contributed by atoms with Crippen LogP contribution in [0.2, 0.25) is 0 Å². The predicted octanol–water partition coefficient (Wildman–Crippen LogP) is 4.94. The van der Waals surface area contributed by atoms with Crippen LogP contribution in [-0.4, -0.2) is 27.7 Å². The van der Waals surface area contributed by atoms with E-state index in [1.54, 1.807) is 6.07 Å². The number of hydrogen-bond donors (Lipinski definition) is 0. The average molecular weight is 430 g/mol. The highest BCUT2D eigenvalue weighted by atomic mass is 79.9. The average Bonchev–Trinajstić information content (AvgIpc) is 3.40. The number of amides is 1. The Morgan fingerprint density at radius 2 is 2.04 bits per heavy atom. The molecule has 4 rings (SSSR count). The Kier molecular flexibility index (Phi) is 4.86. The van der Waals surface area contributed by atoms with Crippen LogP contribution in [0.4, 0.5) is 0 Å². The minimum Gasteiger partial charge on any atom is -0.361 e. The number of aryl methyl sites for hydroxylation is 2. The summed E-state index contributed by atoms with van der Waals surface area (Å²) in [5, 5.41) is 8.12. The van der Waals surface area contributed by atoms with Gasteiger partial charge in [0, 0.05) is 34.6 Å². The van der Waals surface area contributed by atoms with Gasteiger partial charge >= 0.3 is 0 Å². The molecule has 1 amide bonds. The normalized spacial score (nSPS) is 16.9. The molecule has 1 atom stereocenters. The van der Waals surface area contributed by atoms with E-state index in [0.29, 0.717) is 18.0 Å². The lowest BCUT2D eigenvalue weighted by Gasteiger charge is -2.24. The second-order valence-corrected chi connectivity index (χ2v) is 7.61. The van der Waals surface area contributed by atoms with Gasteiger partial charge in [-0.1, -0.05) is 45.3 Å². The maximum atomic E-state index is 13.1. The van der Waals surface area contributed by atoms with Crippen molar-refractivity contribution in [2.75, 3.05) is 6.54 Å². The third kappa shape index (κ3) is 3.32. The second kappa shape index (κ2) is 7.31. The van der Waals surface area contributed by atoms with Crippen molar-refractivity contribution in [1.29, 1.82) is 0 Å². The van der Waals surface area contributed by atoms with Gasteiger partial charge in [0.25, 0.3) is 5.91 Å². The summed E-state index contributed by atoms with van der Waals surface area (Å²) in [6.45, 7) is 4.66. The minimum atomic E-state index is -0.118. The molecule has 0 aliphatic carbocycles. The molecule has 6 nitrogen and oxygen atoms in total. The van der Waals surface area contributed by atoms with Gasteiger partial charge in [-0.25, -0.2) is 0 Å². The SMILES string of the molecule is CCc1onc(C)c1C1CCCN1C(=O)c1cc(-c2ccc(Br)cc2)on1. The van der Waals surface area contributed by atoms with E-state index in [-0.39, 0.29) is 11.9 Å². The van der Waals surface area contributed by atoms with Gasteiger partial charge < -0.3 is 13.9 Å². The molecule has 1 unspecified atom stereocenters. The van der Waals surface area contributed by atoms with Crippen LogP contribution in [0.3, 0.4) is 0 Å². The van der Waals surface area contributed by atoms with Crippen molar-refractivity contribution in [1.82, 2.24) is 15.2 Å². The highest BCUT2D eigenvalue weighted by Gasteiger charge is 2.35. The number of rotatable bonds is 4. The van der Waals surface area contributed by atoms with E-state index in [4.69, 9.17) is 9.05 Å². The van der Waals surface area contributed by atoms with Crippen LogP contribution < -0.4 is 0 Å². The van der Waals surface area contributed by atoms with Gasteiger partial charge in [0.05, 0.1) is 11.7 Å². The van der Waals surface area contributed by atoms with Crippen LogP contribution in [0.5, 0.6) is 0 Å². The van der Waals surface area contributed by atoms with Crippen molar-refractivity contribution in [2.45, 2.75) is 39.2 Å². The quantitative estimate of drug-likeness (QED) is 0.586. The van der Waals surface area contributed by atoms with Crippen molar-refractivity contribution in [3.63, 3.8) is 0 Å². The van der Waals surface area contributed by atoms with Crippen LogP contribution in [0.25, 0.3) is 11.3 Å². The lowest BCUT2D eigenvalue weighted by atomic mass is 10.0. The largest absolute Gasteiger partial charge is 0.361 e. The number of benzene rings is 1. The van der Waals surface area contributed by atoms with Crippen LogP contribution in [0, 0.1) is 6.92 Å². The van der Waals surface area contributed by atoms with Gasteiger partial charge in [0.15, 0.2) is 11.5 Å². The van der Waals surface area contributed by atoms with E-state index in [0.717, 1.165) is 46.3 Å². The number of likely N-dealkylation sites (tertiary alicyclic amines) is 1. The van der Waals surface area contributed by atoms with Crippen LogP contribution in [-0.2, 0) is 6.42 Å². The fourth-order valence-electron chi connectivity index (χ4n) is 3.69. The molecule has 1 aromatic carbocycles. The molecule has 0 N–H and O–H groups in total. The van der Waals surface area contributed by atoms with Gasteiger partial charge in [-0.15, -0.1) is 0 Å². The first-order chi connectivity index (χ1) is 13.1. The minimum absolute atomic E-state index is 0.0217. The summed E-state index contributed by atoms with van der Waals surface area (Å²) in [6.07, 6.45) is 2.60. The molecule has 7 heteroatoms. The maximum Gasteiger partial charge on any atom is 0.276 e. The van der Waals surface area contributed by atoms with Crippen molar-refractivity contribution in [2.24, 2.45) is 0 Å². The second-order valence-electron chi connectivity index (χ2n) is 6.70. The molecule has 0 spiro atoms. The highest BCUT2D eigenvalue weighted by Crippen LogP contribution is 2.37. The van der Waals surface area contributed by atoms with E-state index < -0.39 is 0 Å². The zero-order valence-electron chi connectivity index (χ0n) is 15.2. The Bertz CT molecular complexity index is 961. The van der Waals surface area contributed by atoms with Crippen LogP contribution in [0.15, 0.2) is 43.9 Å². The first-order valence-electron chi connectivity index (χ1n) is 9.07. The Labute approximate surface area is 165 Å². The summed E-state index contributed by atoms with van der Waals surface area (Å²) < 4.78 is 11.8. The fourth-order valence-corrected chi connectivity index (χ4v) is 3.95. The van der Waals surface area contributed by atoms with Crippen molar-refractivity contribution in [3.8, 4) is 11.3 Å². The summed E-state index contributed by atoms with van der Waals surface area (Å²) in [5.41, 5.74) is 3.10. The number of aromatic nitrogens is 2. The monoisotopic (exact) mass is 429 g/mol. The Balaban J connectivity index is 1.60. The molecule has 3 aromatic rings. The molecule has 27 heavy (non-hydrogen) atoms. The standard InChI is InChI=1S/C20H20BrN3O3/c1-3-17-19(12(2)22-26-17)16-5-4-10-24(16)20(25)15-11-18(27-23-15)13-6-8-14(21)9-7-13/h6-9,11,16H,3-5,10H2,1-2H3. The zero-order chi connectivity index (χ0) is 19.0. The van der Waals surface area contributed by atoms with Gasteiger partial charge in [-0.05, 0) is 31.9 Å². The third-order valence-corrected chi connectivity index (χ3v) is 5.54. The number of carbonyl (C=O) groups is 1. The fraction of sp³-hybridized carbons (Fsp3) is 0.350. The van der Waals surface area contributed by atoms with Crippen molar-refractivity contribution < 1.29 is 13.8 Å². The predicted molar refractivity (Wildman–Crippen MR) is 103 cm³/mol. The molecule has 2 aromatic heterocycles. The first-order valence-corrected chi connectivity index (χ1v) is 9.86. The molecule has 0 radical (unpaired) electrons. The summed E-state index contributed by atoms with van der Waals surface area (Å²) in [5.74, 6) is 1.32. The summed E-state index contributed by atoms with van der Waals surface area (Å²) >= 11 is 3.41. The molecule has 0 saturated carbocycles. The number of halogens is 1. The molecule has 1 fully saturated rings. The lowest BCUT2D eigenvalue weighted by Crippen LogP contribution is -2.31. The molecular weight excluding hydrogens is 410 g/mol. The molecular formula is C20H20BrN3O3. The number of carbonyl (C=O) groups excluding carboxylic acids is 1. The van der Waals surface area contributed by atoms with E-state index in [9.17, 15) is 4.79 Å². The van der Waals surface area contributed by atoms with Gasteiger partial charge in [0.2, 0.25) is 0 Å². The van der Waals surface area contributed by atoms with Crippen LogP contribution in [0.1, 0.15) is 53.3 Å². The smallest absolute Gasteiger partial charge is 0.276 e. The van der Waals surface area contributed by atoms with Gasteiger partial charge in [-0.3, -0.25) is 4.79 Å². The summed E-state index contributed by atoms with van der Waals surface area (Å²) in [6, 6.07) is 9.39. The van der Waals surface area contributed by atoms with E-state index in [1.165, 1.54) is 0 Å². The van der Waals surface area contributed by atoms with E-state index in [1.807, 2.05) is 43.0 Å². The third-order valence-electron chi connectivity index (χ3n) is 5.01. The Hall–Kier alpha value is -2.41. The summed E-state index contributed by atoms with van der Waals surface area (Å²) in [7, 11) is 0. The lowest BCUT2D eigenvalue weighted by molar-refractivity contribution is 0.0724. The van der Waals surface area contributed by atoms with Crippen molar-refractivity contribution >= 4 is 21.8 Å². The van der Waals surface area contributed by atoms with Gasteiger partial charge in [0.1, 0.15) is 5.76 Å². The van der Waals surface area contributed by atoms with Crippen molar-refractivity contribution in [3.05, 3.63) is 57.5 Å². The molecule has 3 heterocycles. The topological polar surface area (TPSA) is 72.4 Å². The van der Waals surface area contributed by atoms with E-state index in [2.05, 4.69) is 26.2 Å². The number of nitrogens with zero attached hydrogens (tertiary/aromatic N) is 3. The molecule has 1 saturated heterocycles.